The number of rotatable bonds is 9. The SMILES string of the molecule is CCCCCC1CCC(CC(=O)c2ccc(-c3ccc(CC)cc3F)cc2)CC1. The highest BCUT2D eigenvalue weighted by atomic mass is 19.1. The number of Topliss-reactive ketones (excluding diaryl/α,β-unsaturated/α-hetero) is 1. The van der Waals surface area contributed by atoms with Crippen LogP contribution in [0.15, 0.2) is 42.5 Å². The molecule has 0 unspecified atom stereocenters. The van der Waals surface area contributed by atoms with E-state index in [4.69, 9.17) is 0 Å². The number of carbonyl (C=O) groups is 1. The predicted molar refractivity (Wildman–Crippen MR) is 120 cm³/mol. The van der Waals surface area contributed by atoms with E-state index in [1.54, 1.807) is 6.07 Å². The molecule has 0 heterocycles. The number of halogens is 1. The van der Waals surface area contributed by atoms with Crippen molar-refractivity contribution in [2.75, 3.05) is 0 Å². The van der Waals surface area contributed by atoms with Gasteiger partial charge in [0.25, 0.3) is 0 Å². The van der Waals surface area contributed by atoms with Crippen LogP contribution in [0, 0.1) is 17.7 Å². The van der Waals surface area contributed by atoms with Crippen molar-refractivity contribution < 1.29 is 9.18 Å². The average molecular weight is 395 g/mol. The second kappa shape index (κ2) is 10.7. The smallest absolute Gasteiger partial charge is 0.163 e. The lowest BCUT2D eigenvalue weighted by Gasteiger charge is -2.28. The van der Waals surface area contributed by atoms with E-state index in [-0.39, 0.29) is 11.6 Å². The van der Waals surface area contributed by atoms with Crippen molar-refractivity contribution in [2.45, 2.75) is 78.1 Å². The molecule has 1 aliphatic carbocycles. The molecule has 1 saturated carbocycles. The van der Waals surface area contributed by atoms with Crippen molar-refractivity contribution in [1.29, 1.82) is 0 Å². The Kier molecular flexibility index (Phi) is 8.03. The minimum Gasteiger partial charge on any atom is -0.294 e. The van der Waals surface area contributed by atoms with Gasteiger partial charge in [0, 0.05) is 17.5 Å². The molecule has 0 amide bonds. The number of benzene rings is 2. The summed E-state index contributed by atoms with van der Waals surface area (Å²) in [6, 6.07) is 12.9. The Morgan fingerprint density at radius 1 is 0.931 bits per heavy atom. The minimum absolute atomic E-state index is 0.195. The molecule has 1 fully saturated rings. The third-order valence-electron chi connectivity index (χ3n) is 6.62. The molecule has 0 atom stereocenters. The van der Waals surface area contributed by atoms with Gasteiger partial charge in [-0.15, -0.1) is 0 Å². The maximum atomic E-state index is 14.4. The third kappa shape index (κ3) is 6.01. The number of aryl methyl sites for hydroxylation is 1. The van der Waals surface area contributed by atoms with E-state index in [1.165, 1.54) is 51.4 Å². The van der Waals surface area contributed by atoms with Crippen molar-refractivity contribution in [3.63, 3.8) is 0 Å². The highest BCUT2D eigenvalue weighted by Gasteiger charge is 2.23. The van der Waals surface area contributed by atoms with Crippen molar-refractivity contribution in [2.24, 2.45) is 11.8 Å². The second-order valence-corrected chi connectivity index (χ2v) is 8.75. The molecule has 0 bridgehead atoms. The lowest BCUT2D eigenvalue weighted by Crippen LogP contribution is -2.17. The van der Waals surface area contributed by atoms with E-state index in [0.29, 0.717) is 17.9 Å². The monoisotopic (exact) mass is 394 g/mol. The van der Waals surface area contributed by atoms with Crippen LogP contribution in [0.25, 0.3) is 11.1 Å². The van der Waals surface area contributed by atoms with Gasteiger partial charge in [0.1, 0.15) is 5.82 Å². The number of hydrogen-bond acceptors (Lipinski definition) is 1. The van der Waals surface area contributed by atoms with E-state index in [2.05, 4.69) is 6.92 Å². The number of ketones is 1. The van der Waals surface area contributed by atoms with E-state index >= 15 is 0 Å². The van der Waals surface area contributed by atoms with E-state index in [1.807, 2.05) is 43.3 Å². The molecule has 29 heavy (non-hydrogen) atoms. The molecule has 1 aliphatic rings. The summed E-state index contributed by atoms with van der Waals surface area (Å²) in [4.78, 5) is 12.7. The van der Waals surface area contributed by atoms with Crippen LogP contribution in [-0.2, 0) is 6.42 Å². The van der Waals surface area contributed by atoms with Crippen LogP contribution in [0.1, 0.15) is 87.6 Å². The molecule has 1 nitrogen and oxygen atoms in total. The lowest BCUT2D eigenvalue weighted by molar-refractivity contribution is 0.0941. The molecule has 2 aromatic carbocycles. The van der Waals surface area contributed by atoms with Crippen molar-refractivity contribution >= 4 is 5.78 Å². The summed E-state index contributed by atoms with van der Waals surface area (Å²) in [5, 5.41) is 0. The van der Waals surface area contributed by atoms with Crippen molar-refractivity contribution in [1.82, 2.24) is 0 Å². The first-order chi connectivity index (χ1) is 14.1. The minimum atomic E-state index is -0.195. The molecule has 0 spiro atoms. The van der Waals surface area contributed by atoms with Gasteiger partial charge in [-0.25, -0.2) is 4.39 Å². The maximum Gasteiger partial charge on any atom is 0.163 e. The average Bonchev–Trinajstić information content (AvgIpc) is 2.75. The Morgan fingerprint density at radius 2 is 1.62 bits per heavy atom. The summed E-state index contributed by atoms with van der Waals surface area (Å²) in [5.41, 5.74) is 3.18. The first kappa shape index (κ1) is 21.7. The van der Waals surface area contributed by atoms with E-state index in [9.17, 15) is 9.18 Å². The molecular formula is C27H35FO. The first-order valence-corrected chi connectivity index (χ1v) is 11.5. The first-order valence-electron chi connectivity index (χ1n) is 11.5. The Balaban J connectivity index is 1.53. The number of hydrogen-bond donors (Lipinski definition) is 0. The molecule has 2 heteroatoms. The summed E-state index contributed by atoms with van der Waals surface area (Å²) in [5.74, 6) is 1.44. The van der Waals surface area contributed by atoms with Gasteiger partial charge in [-0.2, -0.15) is 0 Å². The lowest BCUT2D eigenvalue weighted by atomic mass is 9.77. The molecule has 0 aliphatic heterocycles. The van der Waals surface area contributed by atoms with Crippen molar-refractivity contribution in [3.8, 4) is 11.1 Å². The zero-order chi connectivity index (χ0) is 20.6. The van der Waals surface area contributed by atoms with Gasteiger partial charge >= 0.3 is 0 Å². The van der Waals surface area contributed by atoms with Crippen LogP contribution >= 0.6 is 0 Å². The number of unbranched alkanes of at least 4 members (excludes halogenated alkanes) is 2. The fourth-order valence-electron chi connectivity index (χ4n) is 4.64. The van der Waals surface area contributed by atoms with E-state index < -0.39 is 0 Å². The zero-order valence-corrected chi connectivity index (χ0v) is 18.1. The molecule has 2 aromatic rings. The molecule has 0 saturated heterocycles. The summed E-state index contributed by atoms with van der Waals surface area (Å²) >= 11 is 0. The van der Waals surface area contributed by atoms with Gasteiger partial charge < -0.3 is 0 Å². The second-order valence-electron chi connectivity index (χ2n) is 8.75. The Bertz CT molecular complexity index is 785. The van der Waals surface area contributed by atoms with Crippen LogP contribution in [0.5, 0.6) is 0 Å². The van der Waals surface area contributed by atoms with Crippen LogP contribution in [0.2, 0.25) is 0 Å². The largest absolute Gasteiger partial charge is 0.294 e. The van der Waals surface area contributed by atoms with Crippen LogP contribution in [0.3, 0.4) is 0 Å². The molecule has 0 N–H and O–H groups in total. The van der Waals surface area contributed by atoms with E-state index in [0.717, 1.165) is 29.0 Å². The van der Waals surface area contributed by atoms with Crippen LogP contribution < -0.4 is 0 Å². The van der Waals surface area contributed by atoms with Gasteiger partial charge in [0.15, 0.2) is 5.78 Å². The van der Waals surface area contributed by atoms with Crippen molar-refractivity contribution in [3.05, 3.63) is 59.4 Å². The fourth-order valence-corrected chi connectivity index (χ4v) is 4.64. The highest BCUT2D eigenvalue weighted by Crippen LogP contribution is 2.34. The molecule has 0 aromatic heterocycles. The Morgan fingerprint density at radius 3 is 2.24 bits per heavy atom. The topological polar surface area (TPSA) is 17.1 Å². The standard InChI is InChI=1S/C27H35FO/c1-3-5-6-7-21-8-10-22(11-9-21)19-27(29)24-15-13-23(14-16-24)25-17-12-20(4-2)18-26(25)28/h12-18,21-22H,3-11,19H2,1-2H3. The molecule has 156 valence electrons. The summed E-state index contributed by atoms with van der Waals surface area (Å²) in [7, 11) is 0. The normalized spacial score (nSPS) is 19.3. The number of carbonyl (C=O) groups excluding carboxylic acids is 1. The molecule has 3 rings (SSSR count). The maximum absolute atomic E-state index is 14.4. The Hall–Kier alpha value is -1.96. The summed E-state index contributed by atoms with van der Waals surface area (Å²) < 4.78 is 14.4. The summed E-state index contributed by atoms with van der Waals surface area (Å²) in [6.45, 7) is 4.28. The molecular weight excluding hydrogens is 359 g/mol. The summed E-state index contributed by atoms with van der Waals surface area (Å²) in [6.07, 6.45) is 11.8. The van der Waals surface area contributed by atoms with Gasteiger partial charge in [-0.3, -0.25) is 4.79 Å². The van der Waals surface area contributed by atoms with Gasteiger partial charge in [0.2, 0.25) is 0 Å². The van der Waals surface area contributed by atoms with Gasteiger partial charge in [0.05, 0.1) is 0 Å². The zero-order valence-electron chi connectivity index (χ0n) is 18.1. The molecule has 0 radical (unpaired) electrons. The highest BCUT2D eigenvalue weighted by molar-refractivity contribution is 5.96. The van der Waals surface area contributed by atoms with Gasteiger partial charge in [-0.05, 0) is 48.3 Å². The Labute approximate surface area is 175 Å². The fraction of sp³-hybridized carbons (Fsp3) is 0.519. The predicted octanol–water partition coefficient (Wildman–Crippen LogP) is 8.01. The van der Waals surface area contributed by atoms with Crippen LogP contribution in [0.4, 0.5) is 4.39 Å². The van der Waals surface area contributed by atoms with Crippen LogP contribution in [-0.4, -0.2) is 5.78 Å². The van der Waals surface area contributed by atoms with Gasteiger partial charge in [-0.1, -0.05) is 88.8 Å². The quantitative estimate of drug-likeness (QED) is 0.311. The third-order valence-corrected chi connectivity index (χ3v) is 6.62.